The Labute approximate surface area is 129 Å². The van der Waals surface area contributed by atoms with Gasteiger partial charge in [0, 0.05) is 28.7 Å². The van der Waals surface area contributed by atoms with Crippen LogP contribution in [0.3, 0.4) is 0 Å². The van der Waals surface area contributed by atoms with Gasteiger partial charge in [-0.15, -0.1) is 0 Å². The summed E-state index contributed by atoms with van der Waals surface area (Å²) in [6, 6.07) is 4.95. The summed E-state index contributed by atoms with van der Waals surface area (Å²) in [4.78, 5) is 0. The van der Waals surface area contributed by atoms with Crippen LogP contribution in [0.1, 0.15) is 12.0 Å². The van der Waals surface area contributed by atoms with Gasteiger partial charge in [-0.1, -0.05) is 40.9 Å². The quantitative estimate of drug-likeness (QED) is 0.812. The number of nitrogens with one attached hydrogen (secondary N) is 2. The Bertz CT molecular complexity index is 595. The van der Waals surface area contributed by atoms with Crippen molar-refractivity contribution in [3.63, 3.8) is 0 Å². The molecule has 0 saturated heterocycles. The van der Waals surface area contributed by atoms with Gasteiger partial charge >= 0.3 is 0 Å². The molecule has 110 valence electrons. The number of rotatable bonds is 5. The molecule has 1 heterocycles. The van der Waals surface area contributed by atoms with Crippen molar-refractivity contribution in [3.05, 3.63) is 45.5 Å². The van der Waals surface area contributed by atoms with Crippen molar-refractivity contribution in [2.45, 2.75) is 12.2 Å². The molecule has 0 fully saturated rings. The summed E-state index contributed by atoms with van der Waals surface area (Å²) in [5.41, 5.74) is 1.53. The van der Waals surface area contributed by atoms with Crippen LogP contribution in [0.2, 0.25) is 10.0 Å². The van der Waals surface area contributed by atoms with Gasteiger partial charge in [0.25, 0.3) is 0 Å². The van der Waals surface area contributed by atoms with E-state index in [9.17, 15) is 8.42 Å². The summed E-state index contributed by atoms with van der Waals surface area (Å²) >= 11 is 12.0. The van der Waals surface area contributed by atoms with E-state index in [1.54, 1.807) is 18.2 Å². The van der Waals surface area contributed by atoms with Gasteiger partial charge in [0.05, 0.1) is 5.75 Å². The maximum Gasteiger partial charge on any atom is 0.216 e. The molecule has 1 aromatic carbocycles. The highest BCUT2D eigenvalue weighted by Gasteiger charge is 2.17. The molecular formula is C13H16Cl2N2O2S. The Morgan fingerprint density at radius 1 is 1.25 bits per heavy atom. The second-order valence-electron chi connectivity index (χ2n) is 4.60. The van der Waals surface area contributed by atoms with Gasteiger partial charge in [-0.3, -0.25) is 0 Å². The normalized spacial score (nSPS) is 16.0. The first kappa shape index (κ1) is 15.8. The van der Waals surface area contributed by atoms with E-state index >= 15 is 0 Å². The zero-order chi connectivity index (χ0) is 14.6. The monoisotopic (exact) mass is 334 g/mol. The summed E-state index contributed by atoms with van der Waals surface area (Å²) in [7, 11) is -3.46. The van der Waals surface area contributed by atoms with Gasteiger partial charge in [0.2, 0.25) is 10.0 Å². The topological polar surface area (TPSA) is 58.2 Å². The maximum absolute atomic E-state index is 12.1. The minimum atomic E-state index is -3.46. The van der Waals surface area contributed by atoms with Crippen LogP contribution in [-0.4, -0.2) is 28.1 Å². The molecule has 0 aliphatic carbocycles. The van der Waals surface area contributed by atoms with E-state index in [0.29, 0.717) is 22.2 Å². The fourth-order valence-corrected chi connectivity index (χ4v) is 3.83. The van der Waals surface area contributed by atoms with Crippen LogP contribution in [0, 0.1) is 0 Å². The van der Waals surface area contributed by atoms with Crippen LogP contribution >= 0.6 is 23.2 Å². The summed E-state index contributed by atoms with van der Waals surface area (Å²) in [5.74, 6) is -0.211. The van der Waals surface area contributed by atoms with E-state index in [0.717, 1.165) is 25.1 Å². The molecule has 2 N–H and O–H groups in total. The van der Waals surface area contributed by atoms with Crippen molar-refractivity contribution < 1.29 is 8.42 Å². The standard InChI is InChI=1S/C13H16Cl2N2O2S/c14-12-2-1-3-13(15)11(12)9-20(18,19)17-8-10-4-6-16-7-5-10/h1-4,16-17H,5-9H2. The molecule has 0 amide bonds. The average molecular weight is 335 g/mol. The molecule has 0 radical (unpaired) electrons. The SMILES string of the molecule is O=S(=O)(Cc1c(Cl)cccc1Cl)NCC1=CCNCC1. The average Bonchev–Trinajstić information content (AvgIpc) is 2.42. The van der Waals surface area contributed by atoms with E-state index in [1.165, 1.54) is 0 Å². The summed E-state index contributed by atoms with van der Waals surface area (Å²) in [5, 5.41) is 3.91. The van der Waals surface area contributed by atoms with Gasteiger partial charge in [-0.05, 0) is 25.1 Å². The van der Waals surface area contributed by atoms with Crippen molar-refractivity contribution in [3.8, 4) is 0 Å². The smallest absolute Gasteiger partial charge is 0.216 e. The van der Waals surface area contributed by atoms with Gasteiger partial charge in [-0.2, -0.15) is 0 Å². The molecule has 0 spiro atoms. The molecule has 0 unspecified atom stereocenters. The summed E-state index contributed by atoms with van der Waals surface area (Å²) < 4.78 is 26.7. The molecule has 0 aromatic heterocycles. The van der Waals surface area contributed by atoms with Crippen molar-refractivity contribution in [1.29, 1.82) is 0 Å². The zero-order valence-electron chi connectivity index (χ0n) is 10.8. The summed E-state index contributed by atoms with van der Waals surface area (Å²) in [6.07, 6.45) is 2.86. The van der Waals surface area contributed by atoms with E-state index < -0.39 is 10.0 Å². The molecule has 1 aliphatic heterocycles. The maximum atomic E-state index is 12.1. The third kappa shape index (κ3) is 4.46. The Balaban J connectivity index is 2.02. The van der Waals surface area contributed by atoms with Crippen molar-refractivity contribution in [2.24, 2.45) is 0 Å². The van der Waals surface area contributed by atoms with E-state index in [2.05, 4.69) is 10.0 Å². The fourth-order valence-electron chi connectivity index (χ4n) is 1.94. The van der Waals surface area contributed by atoms with Gasteiger partial charge in [-0.25, -0.2) is 13.1 Å². The molecular weight excluding hydrogens is 319 g/mol. The number of benzene rings is 1. The molecule has 20 heavy (non-hydrogen) atoms. The van der Waals surface area contributed by atoms with Crippen molar-refractivity contribution in [1.82, 2.24) is 10.0 Å². The van der Waals surface area contributed by atoms with Gasteiger partial charge in [0.15, 0.2) is 0 Å². The number of sulfonamides is 1. The van der Waals surface area contributed by atoms with E-state index in [1.807, 2.05) is 6.08 Å². The zero-order valence-corrected chi connectivity index (χ0v) is 13.2. The molecule has 1 aromatic rings. The number of hydrogen-bond donors (Lipinski definition) is 2. The Kier molecular flexibility index (Phi) is 5.46. The highest BCUT2D eigenvalue weighted by atomic mass is 35.5. The Hall–Kier alpha value is -0.590. The van der Waals surface area contributed by atoms with Crippen molar-refractivity contribution in [2.75, 3.05) is 19.6 Å². The lowest BCUT2D eigenvalue weighted by Crippen LogP contribution is -2.30. The van der Waals surface area contributed by atoms with Gasteiger partial charge in [0.1, 0.15) is 0 Å². The van der Waals surface area contributed by atoms with E-state index in [4.69, 9.17) is 23.2 Å². The van der Waals surface area contributed by atoms with Crippen LogP contribution in [0.25, 0.3) is 0 Å². The second-order valence-corrected chi connectivity index (χ2v) is 7.22. The summed E-state index contributed by atoms with van der Waals surface area (Å²) in [6.45, 7) is 2.00. The van der Waals surface area contributed by atoms with Crippen LogP contribution in [-0.2, 0) is 15.8 Å². The second kappa shape index (κ2) is 6.91. The largest absolute Gasteiger partial charge is 0.313 e. The molecule has 2 rings (SSSR count). The minimum Gasteiger partial charge on any atom is -0.313 e. The Morgan fingerprint density at radius 3 is 2.55 bits per heavy atom. The number of hydrogen-bond acceptors (Lipinski definition) is 3. The van der Waals surface area contributed by atoms with Crippen molar-refractivity contribution >= 4 is 33.2 Å². The molecule has 7 heteroatoms. The molecule has 1 aliphatic rings. The number of halogens is 2. The van der Waals surface area contributed by atoms with Gasteiger partial charge < -0.3 is 5.32 Å². The van der Waals surface area contributed by atoms with Crippen LogP contribution in [0.4, 0.5) is 0 Å². The minimum absolute atomic E-state index is 0.211. The third-order valence-corrected chi connectivity index (χ3v) is 5.03. The first-order valence-electron chi connectivity index (χ1n) is 6.27. The Morgan fingerprint density at radius 2 is 1.95 bits per heavy atom. The van der Waals surface area contributed by atoms with Crippen LogP contribution < -0.4 is 10.0 Å². The highest BCUT2D eigenvalue weighted by Crippen LogP contribution is 2.25. The van der Waals surface area contributed by atoms with E-state index in [-0.39, 0.29) is 5.75 Å². The predicted molar refractivity (Wildman–Crippen MR) is 82.7 cm³/mol. The fraction of sp³-hybridized carbons (Fsp3) is 0.385. The third-order valence-electron chi connectivity index (χ3n) is 3.07. The first-order chi connectivity index (χ1) is 9.48. The molecule has 4 nitrogen and oxygen atoms in total. The van der Waals surface area contributed by atoms with Crippen LogP contribution in [0.15, 0.2) is 29.8 Å². The van der Waals surface area contributed by atoms with Crippen LogP contribution in [0.5, 0.6) is 0 Å². The lowest BCUT2D eigenvalue weighted by atomic mass is 10.1. The lowest BCUT2D eigenvalue weighted by Gasteiger charge is -2.15. The molecule has 0 saturated carbocycles. The predicted octanol–water partition coefficient (Wildman–Crippen LogP) is 2.33. The molecule has 0 bridgehead atoms. The highest BCUT2D eigenvalue weighted by molar-refractivity contribution is 7.88. The lowest BCUT2D eigenvalue weighted by molar-refractivity contribution is 0.581. The first-order valence-corrected chi connectivity index (χ1v) is 8.67. The molecule has 0 atom stereocenters.